The van der Waals surface area contributed by atoms with Crippen LogP contribution in [0.15, 0.2) is 10.5 Å². The van der Waals surface area contributed by atoms with Crippen LogP contribution < -0.4 is 11.1 Å². The van der Waals surface area contributed by atoms with Gasteiger partial charge in [-0.05, 0) is 6.92 Å². The van der Waals surface area contributed by atoms with Crippen LogP contribution in [-0.4, -0.2) is 77.0 Å². The number of thiazole rings is 1. The molecule has 2 aromatic heterocycles. The van der Waals surface area contributed by atoms with Gasteiger partial charge in [-0.15, -0.1) is 33.3 Å². The summed E-state index contributed by atoms with van der Waals surface area (Å²) in [5.74, 6) is -0.205. The van der Waals surface area contributed by atoms with Crippen LogP contribution in [0.5, 0.6) is 0 Å². The summed E-state index contributed by atoms with van der Waals surface area (Å²) in [5.41, 5.74) is 5.03. The molecule has 2 aliphatic rings. The average molecular weight is 484 g/mol. The van der Waals surface area contributed by atoms with Crippen LogP contribution in [-0.2, 0) is 27.9 Å². The molecule has 14 heteroatoms. The Balaban J connectivity index is 1.38. The summed E-state index contributed by atoms with van der Waals surface area (Å²) in [6.45, 7) is 1.92. The van der Waals surface area contributed by atoms with Gasteiger partial charge < -0.3 is 25.6 Å². The van der Waals surface area contributed by atoms with Gasteiger partial charge in [0.1, 0.15) is 22.7 Å². The minimum absolute atomic E-state index is 0.0433. The molecule has 31 heavy (non-hydrogen) atoms. The fourth-order valence-corrected chi connectivity index (χ4v) is 6.80. The van der Waals surface area contributed by atoms with E-state index in [9.17, 15) is 19.5 Å². The van der Waals surface area contributed by atoms with E-state index in [1.54, 1.807) is 9.95 Å². The number of hydrogen-bond acceptors (Lipinski definition) is 10. The number of carboxylic acids is 1. The first kappa shape index (κ1) is 21.9. The Morgan fingerprint density at radius 2 is 2.23 bits per heavy atom. The number of carbonyl (C=O) groups is 3. The van der Waals surface area contributed by atoms with Crippen molar-refractivity contribution in [2.75, 3.05) is 23.8 Å². The van der Waals surface area contributed by atoms with Gasteiger partial charge in [0, 0.05) is 30.5 Å². The molecular formula is C17H21N7O4S3. The summed E-state index contributed by atoms with van der Waals surface area (Å²) in [6, 6.07) is -0.658. The number of anilines is 1. The van der Waals surface area contributed by atoms with Crippen molar-refractivity contribution in [3.05, 3.63) is 16.9 Å². The third kappa shape index (κ3) is 4.11. The quantitative estimate of drug-likeness (QED) is 0.361. The molecule has 2 unspecified atom stereocenters. The molecule has 4 N–H and O–H groups in total. The number of thioether (sulfide) groups is 2. The molecule has 2 saturated heterocycles. The number of carboxylic acid groups (broad SMARTS) is 1. The fourth-order valence-electron chi connectivity index (χ4n) is 3.41. The third-order valence-corrected chi connectivity index (χ3v) is 8.98. The summed E-state index contributed by atoms with van der Waals surface area (Å²) < 4.78 is 1.80. The molecule has 0 aliphatic carbocycles. The molecule has 11 nitrogen and oxygen atoms in total. The molecule has 0 radical (unpaired) electrons. The Kier molecular flexibility index (Phi) is 5.87. The van der Waals surface area contributed by atoms with E-state index in [-0.39, 0.29) is 35.9 Å². The molecule has 0 bridgehead atoms. The van der Waals surface area contributed by atoms with E-state index in [1.165, 1.54) is 39.8 Å². The van der Waals surface area contributed by atoms with Gasteiger partial charge in [0.15, 0.2) is 10.3 Å². The highest BCUT2D eigenvalue weighted by atomic mass is 32.2. The van der Waals surface area contributed by atoms with Crippen LogP contribution in [0.1, 0.15) is 11.5 Å². The smallest absolute Gasteiger partial charge is 0.313 e. The SMILES string of the molecule is Cc1nnc(SCC2(C(=O)O)CS[C@@H]3C(NC(=O)Cc4csc(N)n4)C(=O)N3C2)n1C. The zero-order valence-corrected chi connectivity index (χ0v) is 19.2. The molecule has 0 aromatic carbocycles. The molecule has 2 aliphatic heterocycles. The van der Waals surface area contributed by atoms with Crippen molar-refractivity contribution < 1.29 is 19.5 Å². The Hall–Kier alpha value is -2.32. The van der Waals surface area contributed by atoms with E-state index in [0.29, 0.717) is 21.7 Å². The van der Waals surface area contributed by atoms with Gasteiger partial charge in [-0.3, -0.25) is 14.4 Å². The second-order valence-corrected chi connectivity index (χ2v) is 10.5. The predicted molar refractivity (Wildman–Crippen MR) is 117 cm³/mol. The Morgan fingerprint density at radius 1 is 1.45 bits per heavy atom. The topological polar surface area (TPSA) is 156 Å². The van der Waals surface area contributed by atoms with Gasteiger partial charge in [-0.25, -0.2) is 4.98 Å². The van der Waals surface area contributed by atoms with Crippen LogP contribution in [0.25, 0.3) is 0 Å². The lowest BCUT2D eigenvalue weighted by Gasteiger charge is -2.53. The van der Waals surface area contributed by atoms with E-state index in [4.69, 9.17) is 5.73 Å². The van der Waals surface area contributed by atoms with Crippen molar-refractivity contribution in [2.24, 2.45) is 12.5 Å². The fraction of sp³-hybridized carbons (Fsp3) is 0.529. The highest BCUT2D eigenvalue weighted by Gasteiger charge is 2.57. The number of β-lactam (4-membered cyclic amide) rings is 1. The van der Waals surface area contributed by atoms with Gasteiger partial charge in [0.25, 0.3) is 0 Å². The first-order valence-corrected chi connectivity index (χ1v) is 12.2. The number of carbonyl (C=O) groups excluding carboxylic acids is 2. The molecular weight excluding hydrogens is 462 g/mol. The number of fused-ring (bicyclic) bond motifs is 1. The highest BCUT2D eigenvalue weighted by Crippen LogP contribution is 2.44. The van der Waals surface area contributed by atoms with E-state index in [0.717, 1.165) is 5.82 Å². The minimum atomic E-state index is -1.10. The van der Waals surface area contributed by atoms with Crippen molar-refractivity contribution in [1.29, 1.82) is 0 Å². The van der Waals surface area contributed by atoms with Crippen molar-refractivity contribution in [3.63, 3.8) is 0 Å². The summed E-state index contributed by atoms with van der Waals surface area (Å²) in [6.07, 6.45) is 0.0433. The van der Waals surface area contributed by atoms with Gasteiger partial charge in [0.2, 0.25) is 11.8 Å². The van der Waals surface area contributed by atoms with Gasteiger partial charge in [0.05, 0.1) is 12.1 Å². The standard InChI is InChI=1S/C17H21N7O4S3/c1-8-21-22-16(23(8)2)31-7-17(14(27)28)5-24-12(26)11(13(24)30-6-17)20-10(25)3-9-4-29-15(18)19-9/h4,11,13H,3,5-7H2,1-2H3,(H2,18,19)(H,20,25)(H,27,28)/t11?,13-,17?/m1/s1. The summed E-state index contributed by atoms with van der Waals surface area (Å²) in [4.78, 5) is 42.7. The van der Waals surface area contributed by atoms with E-state index < -0.39 is 17.4 Å². The second-order valence-electron chi connectivity index (χ2n) is 7.53. The van der Waals surface area contributed by atoms with E-state index in [2.05, 4.69) is 20.5 Å². The normalized spacial score (nSPS) is 25.1. The number of nitrogens with zero attached hydrogens (tertiary/aromatic N) is 5. The number of nitrogens with one attached hydrogen (secondary N) is 1. The monoisotopic (exact) mass is 483 g/mol. The van der Waals surface area contributed by atoms with Crippen molar-refractivity contribution in [1.82, 2.24) is 30.0 Å². The number of rotatable bonds is 7. The van der Waals surface area contributed by atoms with E-state index in [1.807, 2.05) is 14.0 Å². The zero-order valence-electron chi connectivity index (χ0n) is 16.8. The summed E-state index contributed by atoms with van der Waals surface area (Å²) in [7, 11) is 1.82. The second kappa shape index (κ2) is 8.31. The Bertz CT molecular complexity index is 1040. The maximum atomic E-state index is 12.7. The van der Waals surface area contributed by atoms with E-state index >= 15 is 0 Å². The van der Waals surface area contributed by atoms with Gasteiger partial charge in [-0.1, -0.05) is 11.8 Å². The number of amides is 2. The average Bonchev–Trinajstić information content (AvgIpc) is 3.29. The Labute approximate surface area is 190 Å². The Morgan fingerprint density at radius 3 is 2.84 bits per heavy atom. The minimum Gasteiger partial charge on any atom is -0.481 e. The number of aliphatic carboxylic acids is 1. The third-order valence-electron chi connectivity index (χ3n) is 5.36. The summed E-state index contributed by atoms with van der Waals surface area (Å²) >= 11 is 3.94. The van der Waals surface area contributed by atoms with Crippen molar-refractivity contribution >= 4 is 57.8 Å². The molecule has 2 aromatic rings. The molecule has 4 heterocycles. The number of aromatic nitrogens is 4. The molecule has 0 saturated carbocycles. The number of nitrogens with two attached hydrogens (primary N) is 1. The van der Waals surface area contributed by atoms with Crippen LogP contribution in [0, 0.1) is 12.3 Å². The van der Waals surface area contributed by atoms with Crippen LogP contribution >= 0.6 is 34.9 Å². The van der Waals surface area contributed by atoms with Crippen LogP contribution in [0.2, 0.25) is 0 Å². The van der Waals surface area contributed by atoms with Crippen molar-refractivity contribution in [2.45, 2.75) is 29.9 Å². The van der Waals surface area contributed by atoms with Crippen LogP contribution in [0.3, 0.4) is 0 Å². The lowest BCUT2D eigenvalue weighted by molar-refractivity contribution is -0.157. The molecule has 4 rings (SSSR count). The largest absolute Gasteiger partial charge is 0.481 e. The highest BCUT2D eigenvalue weighted by molar-refractivity contribution is 8.00. The molecule has 2 amide bonds. The maximum absolute atomic E-state index is 12.7. The molecule has 0 spiro atoms. The lowest BCUT2D eigenvalue weighted by Crippen LogP contribution is -2.74. The molecule has 166 valence electrons. The zero-order chi connectivity index (χ0) is 22.3. The van der Waals surface area contributed by atoms with Crippen LogP contribution in [0.4, 0.5) is 5.13 Å². The number of hydrogen-bond donors (Lipinski definition) is 3. The lowest BCUT2D eigenvalue weighted by atomic mass is 9.89. The first-order chi connectivity index (χ1) is 14.7. The molecule has 2 fully saturated rings. The predicted octanol–water partition coefficient (Wildman–Crippen LogP) is -0.0321. The number of nitrogen functional groups attached to an aromatic ring is 1. The van der Waals surface area contributed by atoms with Gasteiger partial charge in [-0.2, -0.15) is 0 Å². The first-order valence-electron chi connectivity index (χ1n) is 9.34. The number of aryl methyl sites for hydroxylation is 1. The maximum Gasteiger partial charge on any atom is 0.313 e. The van der Waals surface area contributed by atoms with Gasteiger partial charge >= 0.3 is 5.97 Å². The van der Waals surface area contributed by atoms with Crippen molar-refractivity contribution in [3.8, 4) is 0 Å². The molecule has 3 atom stereocenters. The summed E-state index contributed by atoms with van der Waals surface area (Å²) in [5, 5.41) is 23.2.